The predicted octanol–water partition coefficient (Wildman–Crippen LogP) is 2.40. The summed E-state index contributed by atoms with van der Waals surface area (Å²) < 4.78 is 0. The Morgan fingerprint density at radius 1 is 1.41 bits per heavy atom. The van der Waals surface area contributed by atoms with E-state index in [9.17, 15) is 4.79 Å². The number of nitrogens with two attached hydrogens (primary N) is 1. The zero-order valence-electron chi connectivity index (χ0n) is 11.6. The highest BCUT2D eigenvalue weighted by atomic mass is 16.2. The zero-order valence-corrected chi connectivity index (χ0v) is 11.6. The van der Waals surface area contributed by atoms with Crippen LogP contribution < -0.4 is 5.73 Å². The summed E-state index contributed by atoms with van der Waals surface area (Å²) in [4.78, 5) is 14.3. The van der Waals surface area contributed by atoms with E-state index in [0.717, 1.165) is 25.8 Å². The molecule has 1 heterocycles. The minimum absolute atomic E-state index is 0.313. The molecule has 1 rings (SSSR count). The first-order valence-electron chi connectivity index (χ1n) is 7.04. The van der Waals surface area contributed by atoms with Crippen LogP contribution in [0.5, 0.6) is 0 Å². The fourth-order valence-electron chi connectivity index (χ4n) is 2.76. The van der Waals surface area contributed by atoms with Crippen molar-refractivity contribution in [1.29, 1.82) is 0 Å². The molecule has 3 heteroatoms. The summed E-state index contributed by atoms with van der Waals surface area (Å²) in [7, 11) is 0. The standard InChI is InChI=1S/C14H28N2O/c1-11(2)8-13(10-15)9-14(17)16-7-5-4-6-12(16)3/h11-13H,4-10,15H2,1-3H3/t12?,13-/m0/s1. The van der Waals surface area contributed by atoms with Gasteiger partial charge < -0.3 is 10.6 Å². The highest BCUT2D eigenvalue weighted by molar-refractivity contribution is 5.76. The largest absolute Gasteiger partial charge is 0.340 e. The van der Waals surface area contributed by atoms with Crippen molar-refractivity contribution in [1.82, 2.24) is 4.90 Å². The van der Waals surface area contributed by atoms with Gasteiger partial charge in [0.25, 0.3) is 0 Å². The molecule has 0 aromatic heterocycles. The fourth-order valence-corrected chi connectivity index (χ4v) is 2.76. The van der Waals surface area contributed by atoms with Gasteiger partial charge in [-0.2, -0.15) is 0 Å². The molecule has 2 atom stereocenters. The minimum Gasteiger partial charge on any atom is -0.340 e. The normalized spacial score (nSPS) is 22.9. The Bertz CT molecular complexity index is 240. The Balaban J connectivity index is 2.45. The Morgan fingerprint density at radius 3 is 2.65 bits per heavy atom. The Labute approximate surface area is 106 Å². The lowest BCUT2D eigenvalue weighted by molar-refractivity contribution is -0.135. The third kappa shape index (κ3) is 4.66. The molecule has 0 aliphatic carbocycles. The van der Waals surface area contributed by atoms with Gasteiger partial charge in [0.15, 0.2) is 0 Å². The second-order valence-electron chi connectivity index (χ2n) is 5.87. The molecule has 1 unspecified atom stereocenters. The van der Waals surface area contributed by atoms with Gasteiger partial charge in [0.2, 0.25) is 5.91 Å². The van der Waals surface area contributed by atoms with Crippen LogP contribution in [0.3, 0.4) is 0 Å². The zero-order chi connectivity index (χ0) is 12.8. The number of rotatable bonds is 5. The molecule has 3 nitrogen and oxygen atoms in total. The molecule has 1 aliphatic rings. The number of likely N-dealkylation sites (tertiary alicyclic amines) is 1. The molecule has 17 heavy (non-hydrogen) atoms. The van der Waals surface area contributed by atoms with E-state index in [1.54, 1.807) is 0 Å². The second kappa shape index (κ2) is 7.00. The van der Waals surface area contributed by atoms with Crippen LogP contribution in [0, 0.1) is 11.8 Å². The molecule has 0 aromatic rings. The summed E-state index contributed by atoms with van der Waals surface area (Å²) in [6, 6.07) is 0.425. The Morgan fingerprint density at radius 2 is 2.12 bits per heavy atom. The Hall–Kier alpha value is -0.570. The SMILES string of the molecule is CC(C)C[C@H](CN)CC(=O)N1CCCCC1C. The first-order valence-corrected chi connectivity index (χ1v) is 7.04. The van der Waals surface area contributed by atoms with E-state index in [-0.39, 0.29) is 0 Å². The van der Waals surface area contributed by atoms with Gasteiger partial charge >= 0.3 is 0 Å². The lowest BCUT2D eigenvalue weighted by atomic mass is 9.93. The molecule has 0 saturated carbocycles. The predicted molar refractivity (Wildman–Crippen MR) is 71.6 cm³/mol. The summed E-state index contributed by atoms with van der Waals surface area (Å²) in [5, 5.41) is 0. The summed E-state index contributed by atoms with van der Waals surface area (Å²) >= 11 is 0. The van der Waals surface area contributed by atoms with Gasteiger partial charge in [-0.25, -0.2) is 0 Å². The molecule has 0 aromatic carbocycles. The molecule has 100 valence electrons. The third-order valence-electron chi connectivity index (χ3n) is 3.72. The van der Waals surface area contributed by atoms with Crippen molar-refractivity contribution >= 4 is 5.91 Å². The maximum Gasteiger partial charge on any atom is 0.223 e. The number of carbonyl (C=O) groups is 1. The van der Waals surface area contributed by atoms with E-state index in [2.05, 4.69) is 25.7 Å². The maximum atomic E-state index is 12.2. The average Bonchev–Trinajstić information content (AvgIpc) is 2.27. The van der Waals surface area contributed by atoms with Crippen molar-refractivity contribution in [2.45, 2.75) is 58.9 Å². The van der Waals surface area contributed by atoms with Crippen LogP contribution in [0.25, 0.3) is 0 Å². The molecule has 1 saturated heterocycles. The third-order valence-corrected chi connectivity index (χ3v) is 3.72. The van der Waals surface area contributed by atoms with E-state index in [4.69, 9.17) is 5.73 Å². The fraction of sp³-hybridized carbons (Fsp3) is 0.929. The Kier molecular flexibility index (Phi) is 5.96. The van der Waals surface area contributed by atoms with E-state index in [1.807, 2.05) is 0 Å². The molecule has 1 fully saturated rings. The molecule has 0 bridgehead atoms. The smallest absolute Gasteiger partial charge is 0.223 e. The second-order valence-corrected chi connectivity index (χ2v) is 5.87. The summed E-state index contributed by atoms with van der Waals surface area (Å²) in [6.45, 7) is 8.12. The van der Waals surface area contributed by atoms with Crippen molar-refractivity contribution in [3.05, 3.63) is 0 Å². The number of piperidine rings is 1. The maximum absolute atomic E-state index is 12.2. The van der Waals surface area contributed by atoms with Crippen molar-refractivity contribution in [3.63, 3.8) is 0 Å². The molecular formula is C14H28N2O. The summed E-state index contributed by atoms with van der Waals surface area (Å²) in [5.74, 6) is 1.29. The van der Waals surface area contributed by atoms with Gasteiger partial charge in [0.1, 0.15) is 0 Å². The average molecular weight is 240 g/mol. The molecule has 2 N–H and O–H groups in total. The minimum atomic E-state index is 0.313. The first kappa shape index (κ1) is 14.5. The van der Waals surface area contributed by atoms with Crippen LogP contribution in [0.2, 0.25) is 0 Å². The number of amides is 1. The molecule has 1 aliphatic heterocycles. The van der Waals surface area contributed by atoms with E-state index in [1.165, 1.54) is 6.42 Å². The first-order chi connectivity index (χ1) is 8.04. The van der Waals surface area contributed by atoms with Gasteiger partial charge in [0.05, 0.1) is 0 Å². The number of hydrogen-bond donors (Lipinski definition) is 1. The monoisotopic (exact) mass is 240 g/mol. The van der Waals surface area contributed by atoms with Crippen molar-refractivity contribution in [2.24, 2.45) is 17.6 Å². The van der Waals surface area contributed by atoms with Crippen molar-refractivity contribution < 1.29 is 4.79 Å². The summed E-state index contributed by atoms with van der Waals surface area (Å²) in [5.41, 5.74) is 5.76. The van der Waals surface area contributed by atoms with Crippen molar-refractivity contribution in [2.75, 3.05) is 13.1 Å². The van der Waals surface area contributed by atoms with Gasteiger partial charge in [-0.15, -0.1) is 0 Å². The molecular weight excluding hydrogens is 212 g/mol. The van der Waals surface area contributed by atoms with Crippen LogP contribution in [0.1, 0.15) is 52.9 Å². The van der Waals surface area contributed by atoms with Crippen LogP contribution in [0.4, 0.5) is 0 Å². The van der Waals surface area contributed by atoms with Crippen LogP contribution in [-0.2, 0) is 4.79 Å². The quantitative estimate of drug-likeness (QED) is 0.802. The van der Waals surface area contributed by atoms with Gasteiger partial charge in [-0.05, 0) is 51.0 Å². The van der Waals surface area contributed by atoms with Crippen LogP contribution in [0.15, 0.2) is 0 Å². The lowest BCUT2D eigenvalue weighted by Gasteiger charge is -2.34. The molecule has 0 radical (unpaired) electrons. The molecule has 0 spiro atoms. The van der Waals surface area contributed by atoms with Gasteiger partial charge in [-0.3, -0.25) is 4.79 Å². The van der Waals surface area contributed by atoms with E-state index < -0.39 is 0 Å². The summed E-state index contributed by atoms with van der Waals surface area (Å²) in [6.07, 6.45) is 5.28. The van der Waals surface area contributed by atoms with E-state index in [0.29, 0.717) is 36.8 Å². The van der Waals surface area contributed by atoms with Crippen LogP contribution in [-0.4, -0.2) is 29.9 Å². The number of nitrogens with zero attached hydrogens (tertiary/aromatic N) is 1. The van der Waals surface area contributed by atoms with Crippen molar-refractivity contribution in [3.8, 4) is 0 Å². The topological polar surface area (TPSA) is 46.3 Å². The van der Waals surface area contributed by atoms with Crippen LogP contribution >= 0.6 is 0 Å². The lowest BCUT2D eigenvalue weighted by Crippen LogP contribution is -2.43. The highest BCUT2D eigenvalue weighted by Crippen LogP contribution is 2.21. The number of carbonyl (C=O) groups excluding carboxylic acids is 1. The van der Waals surface area contributed by atoms with Gasteiger partial charge in [-0.1, -0.05) is 13.8 Å². The van der Waals surface area contributed by atoms with E-state index >= 15 is 0 Å². The number of hydrogen-bond acceptors (Lipinski definition) is 2. The van der Waals surface area contributed by atoms with Gasteiger partial charge in [0, 0.05) is 19.0 Å². The highest BCUT2D eigenvalue weighted by Gasteiger charge is 2.25. The molecule has 1 amide bonds.